The van der Waals surface area contributed by atoms with Crippen LogP contribution in [0.15, 0.2) is 23.2 Å². The maximum atomic E-state index is 10.4. The van der Waals surface area contributed by atoms with Gasteiger partial charge >= 0.3 is 0 Å². The fourth-order valence-electron chi connectivity index (χ4n) is 2.30. The summed E-state index contributed by atoms with van der Waals surface area (Å²) in [6.45, 7) is 2.57. The molecule has 0 amide bonds. The Morgan fingerprint density at radius 1 is 1.43 bits per heavy atom. The number of hydrogen-bond donors (Lipinski definition) is 3. The highest BCUT2D eigenvalue weighted by molar-refractivity contribution is 14.0. The maximum Gasteiger partial charge on any atom is 0.193 e. The molecule has 0 bridgehead atoms. The van der Waals surface area contributed by atoms with E-state index < -0.39 is 5.60 Å². The van der Waals surface area contributed by atoms with Crippen LogP contribution in [0.5, 0.6) is 11.5 Å². The van der Waals surface area contributed by atoms with Crippen molar-refractivity contribution < 1.29 is 19.3 Å². The van der Waals surface area contributed by atoms with E-state index in [0.717, 1.165) is 5.69 Å². The van der Waals surface area contributed by atoms with Crippen LogP contribution >= 0.6 is 24.0 Å². The first kappa shape index (κ1) is 19.8. The van der Waals surface area contributed by atoms with E-state index in [1.165, 1.54) is 0 Å². The highest BCUT2D eigenvalue weighted by Gasteiger charge is 2.39. The number of anilines is 1. The minimum atomic E-state index is -0.954. The number of hydrogen-bond acceptors (Lipinski definition) is 5. The van der Waals surface area contributed by atoms with Gasteiger partial charge in [0.15, 0.2) is 17.5 Å². The van der Waals surface area contributed by atoms with E-state index in [1.807, 2.05) is 6.92 Å². The number of aliphatic imine (C=N–C) groups is 1. The lowest BCUT2D eigenvalue weighted by molar-refractivity contribution is -0.0201. The van der Waals surface area contributed by atoms with Gasteiger partial charge in [-0.1, -0.05) is 0 Å². The van der Waals surface area contributed by atoms with Crippen LogP contribution in [0.25, 0.3) is 0 Å². The van der Waals surface area contributed by atoms with Gasteiger partial charge in [-0.2, -0.15) is 0 Å². The van der Waals surface area contributed by atoms with E-state index in [9.17, 15) is 5.11 Å². The van der Waals surface area contributed by atoms with Gasteiger partial charge in [-0.05, 0) is 19.1 Å². The van der Waals surface area contributed by atoms with Crippen molar-refractivity contribution in [2.24, 2.45) is 10.7 Å². The van der Waals surface area contributed by atoms with Crippen molar-refractivity contribution >= 4 is 35.6 Å². The van der Waals surface area contributed by atoms with Gasteiger partial charge in [0.1, 0.15) is 5.60 Å². The molecule has 0 spiro atoms. The number of aliphatic hydroxyl groups is 1. The number of rotatable bonds is 5. The zero-order valence-corrected chi connectivity index (χ0v) is 15.9. The number of nitrogens with two attached hydrogens (primary N) is 1. The lowest BCUT2D eigenvalue weighted by Crippen LogP contribution is -2.40. The second kappa shape index (κ2) is 8.55. The standard InChI is InChI=1S/C15H23N3O4.HI/c1-10-15(19,6-7-22-10)9-17-14(16)18-11-4-5-12(20-2)13(8-11)21-3;/h4-5,8,10,19H,6-7,9H2,1-3H3,(H3,16,17,18);1H. The average Bonchev–Trinajstić information content (AvgIpc) is 2.85. The second-order valence-corrected chi connectivity index (χ2v) is 5.26. The summed E-state index contributed by atoms with van der Waals surface area (Å²) in [5, 5.41) is 13.3. The summed E-state index contributed by atoms with van der Waals surface area (Å²) in [6, 6.07) is 5.34. The number of methoxy groups -OCH3 is 2. The van der Waals surface area contributed by atoms with Crippen molar-refractivity contribution in [3.05, 3.63) is 18.2 Å². The van der Waals surface area contributed by atoms with Crippen LogP contribution in [-0.4, -0.2) is 50.1 Å². The van der Waals surface area contributed by atoms with Gasteiger partial charge in [0.25, 0.3) is 0 Å². The summed E-state index contributed by atoms with van der Waals surface area (Å²) < 4.78 is 15.8. The molecule has 7 nitrogen and oxygen atoms in total. The van der Waals surface area contributed by atoms with Crippen molar-refractivity contribution in [1.29, 1.82) is 0 Å². The van der Waals surface area contributed by atoms with Crippen LogP contribution in [0.3, 0.4) is 0 Å². The SMILES string of the molecule is COc1ccc(NC(N)=NCC2(O)CCOC2C)cc1OC.I. The lowest BCUT2D eigenvalue weighted by Gasteiger charge is -2.23. The van der Waals surface area contributed by atoms with Gasteiger partial charge in [0.05, 0.1) is 26.9 Å². The molecule has 0 aromatic heterocycles. The van der Waals surface area contributed by atoms with Gasteiger partial charge in [-0.25, -0.2) is 0 Å². The molecule has 130 valence electrons. The van der Waals surface area contributed by atoms with Crippen molar-refractivity contribution in [1.82, 2.24) is 0 Å². The molecule has 2 unspecified atom stereocenters. The zero-order valence-electron chi connectivity index (χ0n) is 13.5. The van der Waals surface area contributed by atoms with Crippen LogP contribution in [-0.2, 0) is 4.74 Å². The van der Waals surface area contributed by atoms with Gasteiger partial charge in [0, 0.05) is 24.8 Å². The third kappa shape index (κ3) is 4.85. The molecular formula is C15H24IN3O4. The molecule has 23 heavy (non-hydrogen) atoms. The number of guanidine groups is 1. The molecule has 1 saturated heterocycles. The molecule has 0 radical (unpaired) electrons. The molecular weight excluding hydrogens is 413 g/mol. The Hall–Kier alpha value is -1.26. The van der Waals surface area contributed by atoms with Gasteiger partial charge in [0.2, 0.25) is 0 Å². The molecule has 2 atom stereocenters. The molecule has 1 aliphatic heterocycles. The summed E-state index contributed by atoms with van der Waals surface area (Å²) in [6.07, 6.45) is 0.312. The van der Waals surface area contributed by atoms with Crippen molar-refractivity contribution in [2.75, 3.05) is 32.7 Å². The van der Waals surface area contributed by atoms with Crippen molar-refractivity contribution in [3.63, 3.8) is 0 Å². The topological polar surface area (TPSA) is 98.3 Å². The Bertz CT molecular complexity index is 556. The molecule has 2 rings (SSSR count). The van der Waals surface area contributed by atoms with Gasteiger partial charge in [-0.3, -0.25) is 4.99 Å². The maximum absolute atomic E-state index is 10.4. The Morgan fingerprint density at radius 3 is 2.70 bits per heavy atom. The lowest BCUT2D eigenvalue weighted by atomic mass is 9.97. The smallest absolute Gasteiger partial charge is 0.193 e. The normalized spacial score (nSPS) is 24.0. The van der Waals surface area contributed by atoms with E-state index in [-0.39, 0.29) is 42.6 Å². The Balaban J connectivity index is 0.00000264. The molecule has 4 N–H and O–H groups in total. The molecule has 1 aromatic carbocycles. The number of halogens is 1. The van der Waals surface area contributed by atoms with E-state index in [4.69, 9.17) is 19.9 Å². The minimum Gasteiger partial charge on any atom is -0.493 e. The third-order valence-electron chi connectivity index (χ3n) is 3.84. The van der Waals surface area contributed by atoms with Crippen molar-refractivity contribution in [2.45, 2.75) is 25.0 Å². The number of ether oxygens (including phenoxy) is 3. The molecule has 1 heterocycles. The molecule has 1 aliphatic rings. The van der Waals surface area contributed by atoms with E-state index in [1.54, 1.807) is 32.4 Å². The van der Waals surface area contributed by atoms with Crippen LogP contribution in [0.1, 0.15) is 13.3 Å². The first-order chi connectivity index (χ1) is 10.5. The monoisotopic (exact) mass is 437 g/mol. The van der Waals surface area contributed by atoms with Crippen LogP contribution in [0, 0.1) is 0 Å². The van der Waals surface area contributed by atoms with Gasteiger partial charge < -0.3 is 30.4 Å². The fraction of sp³-hybridized carbons (Fsp3) is 0.533. The van der Waals surface area contributed by atoms with Gasteiger partial charge in [-0.15, -0.1) is 24.0 Å². The van der Waals surface area contributed by atoms with E-state index in [2.05, 4.69) is 10.3 Å². The quantitative estimate of drug-likeness (QED) is 0.368. The fourth-order valence-corrected chi connectivity index (χ4v) is 2.30. The summed E-state index contributed by atoms with van der Waals surface area (Å²) in [5.74, 6) is 1.45. The first-order valence-corrected chi connectivity index (χ1v) is 7.11. The number of nitrogens with one attached hydrogen (secondary N) is 1. The number of benzene rings is 1. The highest BCUT2D eigenvalue weighted by Crippen LogP contribution is 2.29. The summed E-state index contributed by atoms with van der Waals surface area (Å²) in [4.78, 5) is 4.20. The predicted molar refractivity (Wildman–Crippen MR) is 100 cm³/mol. The Morgan fingerprint density at radius 2 is 2.13 bits per heavy atom. The first-order valence-electron chi connectivity index (χ1n) is 7.11. The summed E-state index contributed by atoms with van der Waals surface area (Å²) in [5.41, 5.74) is 5.63. The Kier molecular flexibility index (Phi) is 7.36. The molecule has 1 aromatic rings. The van der Waals surface area contributed by atoms with Crippen LogP contribution in [0.2, 0.25) is 0 Å². The molecule has 1 fully saturated rings. The number of nitrogens with zero attached hydrogens (tertiary/aromatic N) is 1. The Labute approximate surface area is 153 Å². The molecule has 0 saturated carbocycles. The predicted octanol–water partition coefficient (Wildman–Crippen LogP) is 1.59. The van der Waals surface area contributed by atoms with Crippen LogP contribution in [0.4, 0.5) is 5.69 Å². The zero-order chi connectivity index (χ0) is 16.2. The molecule has 0 aliphatic carbocycles. The van der Waals surface area contributed by atoms with E-state index in [0.29, 0.717) is 24.5 Å². The second-order valence-electron chi connectivity index (χ2n) is 5.26. The van der Waals surface area contributed by atoms with Crippen LogP contribution < -0.4 is 20.5 Å². The van der Waals surface area contributed by atoms with E-state index >= 15 is 0 Å². The summed E-state index contributed by atoms with van der Waals surface area (Å²) >= 11 is 0. The average molecular weight is 437 g/mol. The largest absolute Gasteiger partial charge is 0.493 e. The summed E-state index contributed by atoms with van der Waals surface area (Å²) in [7, 11) is 3.14. The minimum absolute atomic E-state index is 0. The highest BCUT2D eigenvalue weighted by atomic mass is 127. The third-order valence-corrected chi connectivity index (χ3v) is 3.84. The molecule has 8 heteroatoms. The van der Waals surface area contributed by atoms with Crippen molar-refractivity contribution in [3.8, 4) is 11.5 Å².